The molecule has 0 bridgehead atoms. The average molecular weight is 315 g/mol. The molecule has 0 fully saturated rings. The predicted molar refractivity (Wildman–Crippen MR) is 89.3 cm³/mol. The molecule has 0 aromatic heterocycles. The molecule has 0 saturated carbocycles. The Morgan fingerprint density at radius 3 is 2.43 bits per heavy atom. The van der Waals surface area contributed by atoms with Crippen molar-refractivity contribution in [1.82, 2.24) is 10.6 Å². The molecule has 1 aromatic carbocycles. The molecule has 1 amide bonds. The fraction of sp³-hybridized carbons (Fsp3) is 0.562. The number of benzene rings is 1. The van der Waals surface area contributed by atoms with Crippen molar-refractivity contribution < 1.29 is 9.53 Å². The molecule has 0 atom stereocenters. The Labute approximate surface area is 134 Å². The van der Waals surface area contributed by atoms with Gasteiger partial charge in [0.05, 0.1) is 13.0 Å². The maximum atomic E-state index is 11.7. The monoisotopic (exact) mass is 314 g/mol. The first-order chi connectivity index (χ1) is 9.61. The van der Waals surface area contributed by atoms with Crippen molar-refractivity contribution in [3.8, 4) is 5.75 Å². The van der Waals surface area contributed by atoms with Crippen LogP contribution in [0.3, 0.4) is 0 Å². The number of carbonyl (C=O) groups is 1. The summed E-state index contributed by atoms with van der Waals surface area (Å²) in [4.78, 5) is 11.7. The number of nitrogens with one attached hydrogen (secondary N) is 2. The normalized spacial score (nSPS) is 10.1. The van der Waals surface area contributed by atoms with Gasteiger partial charge in [-0.1, -0.05) is 26.0 Å². The summed E-state index contributed by atoms with van der Waals surface area (Å²) in [6.07, 6.45) is 1.37. The molecule has 0 aliphatic heterocycles. The van der Waals surface area contributed by atoms with E-state index in [9.17, 15) is 4.79 Å². The van der Waals surface area contributed by atoms with E-state index in [0.717, 1.165) is 30.8 Å². The standard InChI is InChI=1S/C16H26N2O2.ClH/c1-13(2)12-20-15-7-5-14(6-8-15)11-16(19)18-10-4-9-17-3;/h5-8,13,17H,4,9-12H2,1-3H3,(H,18,19);1H. The van der Waals surface area contributed by atoms with Gasteiger partial charge in [-0.3, -0.25) is 4.79 Å². The Kier molecular flexibility index (Phi) is 10.7. The van der Waals surface area contributed by atoms with Gasteiger partial charge in [-0.25, -0.2) is 0 Å². The molecule has 1 rings (SSSR count). The van der Waals surface area contributed by atoms with Gasteiger partial charge in [0.2, 0.25) is 5.91 Å². The number of ether oxygens (including phenoxy) is 1. The zero-order valence-corrected chi connectivity index (χ0v) is 14.0. The van der Waals surface area contributed by atoms with Gasteiger partial charge in [-0.15, -0.1) is 12.4 Å². The first-order valence-corrected chi connectivity index (χ1v) is 7.25. The molecule has 0 heterocycles. The number of amides is 1. The first kappa shape index (κ1) is 19.7. The molecule has 0 spiro atoms. The van der Waals surface area contributed by atoms with Crippen LogP contribution in [0.25, 0.3) is 0 Å². The highest BCUT2D eigenvalue weighted by Crippen LogP contribution is 2.13. The quantitative estimate of drug-likeness (QED) is 0.688. The Morgan fingerprint density at radius 2 is 1.86 bits per heavy atom. The fourth-order valence-electron chi connectivity index (χ4n) is 1.71. The highest BCUT2D eigenvalue weighted by atomic mass is 35.5. The van der Waals surface area contributed by atoms with Crippen LogP contribution in [0, 0.1) is 5.92 Å². The maximum absolute atomic E-state index is 11.7. The van der Waals surface area contributed by atoms with Crippen molar-refractivity contribution in [3.05, 3.63) is 29.8 Å². The first-order valence-electron chi connectivity index (χ1n) is 7.25. The molecule has 4 nitrogen and oxygen atoms in total. The molecule has 0 saturated heterocycles. The Hall–Kier alpha value is -1.26. The number of carbonyl (C=O) groups excluding carboxylic acids is 1. The lowest BCUT2D eigenvalue weighted by atomic mass is 10.1. The van der Waals surface area contributed by atoms with Crippen molar-refractivity contribution in [2.45, 2.75) is 26.7 Å². The molecule has 0 aliphatic rings. The SMILES string of the molecule is CNCCCNC(=O)Cc1ccc(OCC(C)C)cc1.Cl. The van der Waals surface area contributed by atoms with E-state index in [1.54, 1.807) is 0 Å². The second-order valence-electron chi connectivity index (χ2n) is 5.33. The molecule has 2 N–H and O–H groups in total. The molecule has 0 aliphatic carbocycles. The van der Waals surface area contributed by atoms with E-state index in [-0.39, 0.29) is 18.3 Å². The summed E-state index contributed by atoms with van der Waals surface area (Å²) in [6, 6.07) is 7.74. The lowest BCUT2D eigenvalue weighted by molar-refractivity contribution is -0.120. The van der Waals surface area contributed by atoms with Crippen molar-refractivity contribution >= 4 is 18.3 Å². The average Bonchev–Trinajstić information content (AvgIpc) is 2.43. The second kappa shape index (κ2) is 11.4. The van der Waals surface area contributed by atoms with Crippen LogP contribution in [0.15, 0.2) is 24.3 Å². The van der Waals surface area contributed by atoms with Crippen molar-refractivity contribution in [2.24, 2.45) is 5.92 Å². The number of halogens is 1. The summed E-state index contributed by atoms with van der Waals surface area (Å²) in [5.41, 5.74) is 1.01. The van der Waals surface area contributed by atoms with Crippen LogP contribution in [0.2, 0.25) is 0 Å². The van der Waals surface area contributed by atoms with Crippen LogP contribution in [-0.4, -0.2) is 32.7 Å². The second-order valence-corrected chi connectivity index (χ2v) is 5.33. The third-order valence-corrected chi connectivity index (χ3v) is 2.80. The molecule has 120 valence electrons. The van der Waals surface area contributed by atoms with E-state index in [2.05, 4.69) is 24.5 Å². The minimum Gasteiger partial charge on any atom is -0.493 e. The van der Waals surface area contributed by atoms with E-state index in [1.165, 1.54) is 0 Å². The molecule has 21 heavy (non-hydrogen) atoms. The summed E-state index contributed by atoms with van der Waals surface area (Å²) in [6.45, 7) is 6.59. The van der Waals surface area contributed by atoms with Crippen LogP contribution in [0.5, 0.6) is 5.75 Å². The van der Waals surface area contributed by atoms with Crippen LogP contribution in [-0.2, 0) is 11.2 Å². The van der Waals surface area contributed by atoms with Gasteiger partial charge < -0.3 is 15.4 Å². The van der Waals surface area contributed by atoms with Gasteiger partial charge in [0.1, 0.15) is 5.75 Å². The maximum Gasteiger partial charge on any atom is 0.224 e. The number of rotatable bonds is 9. The highest BCUT2D eigenvalue weighted by Gasteiger charge is 2.03. The summed E-state index contributed by atoms with van der Waals surface area (Å²) >= 11 is 0. The van der Waals surface area contributed by atoms with Gasteiger partial charge in [-0.05, 0) is 43.6 Å². The Morgan fingerprint density at radius 1 is 1.19 bits per heavy atom. The largest absolute Gasteiger partial charge is 0.493 e. The van der Waals surface area contributed by atoms with Crippen LogP contribution < -0.4 is 15.4 Å². The van der Waals surface area contributed by atoms with Gasteiger partial charge in [-0.2, -0.15) is 0 Å². The lowest BCUT2D eigenvalue weighted by Gasteiger charge is -2.09. The van der Waals surface area contributed by atoms with Crippen LogP contribution in [0.1, 0.15) is 25.8 Å². The smallest absolute Gasteiger partial charge is 0.224 e. The Balaban J connectivity index is 0.00000400. The van der Waals surface area contributed by atoms with Crippen LogP contribution in [0.4, 0.5) is 0 Å². The third-order valence-electron chi connectivity index (χ3n) is 2.80. The van der Waals surface area contributed by atoms with E-state index in [0.29, 0.717) is 18.9 Å². The molecule has 0 unspecified atom stereocenters. The third kappa shape index (κ3) is 9.32. The summed E-state index contributed by atoms with van der Waals surface area (Å²) in [7, 11) is 1.91. The zero-order chi connectivity index (χ0) is 14.8. The van der Waals surface area contributed by atoms with E-state index in [1.807, 2.05) is 31.3 Å². The minimum absolute atomic E-state index is 0. The van der Waals surface area contributed by atoms with Crippen molar-refractivity contribution in [2.75, 3.05) is 26.7 Å². The van der Waals surface area contributed by atoms with Gasteiger partial charge in [0.15, 0.2) is 0 Å². The van der Waals surface area contributed by atoms with Gasteiger partial charge in [0.25, 0.3) is 0 Å². The lowest BCUT2D eigenvalue weighted by Crippen LogP contribution is -2.27. The van der Waals surface area contributed by atoms with Gasteiger partial charge in [0, 0.05) is 6.54 Å². The predicted octanol–water partition coefficient (Wildman–Crippen LogP) is 2.41. The highest BCUT2D eigenvalue weighted by molar-refractivity contribution is 5.85. The number of hydrogen-bond donors (Lipinski definition) is 2. The van der Waals surface area contributed by atoms with E-state index < -0.39 is 0 Å². The molecular weight excluding hydrogens is 288 g/mol. The minimum atomic E-state index is 0. The Bertz CT molecular complexity index is 394. The molecular formula is C16H27ClN2O2. The fourth-order valence-corrected chi connectivity index (χ4v) is 1.71. The van der Waals surface area contributed by atoms with Gasteiger partial charge >= 0.3 is 0 Å². The summed E-state index contributed by atoms with van der Waals surface area (Å²) in [5, 5.41) is 5.96. The van der Waals surface area contributed by atoms with Crippen molar-refractivity contribution in [3.63, 3.8) is 0 Å². The molecule has 1 aromatic rings. The molecule has 5 heteroatoms. The van der Waals surface area contributed by atoms with E-state index in [4.69, 9.17) is 4.74 Å². The van der Waals surface area contributed by atoms with E-state index >= 15 is 0 Å². The zero-order valence-electron chi connectivity index (χ0n) is 13.1. The van der Waals surface area contributed by atoms with Crippen LogP contribution >= 0.6 is 12.4 Å². The topological polar surface area (TPSA) is 50.4 Å². The number of hydrogen-bond acceptors (Lipinski definition) is 3. The summed E-state index contributed by atoms with van der Waals surface area (Å²) < 4.78 is 5.61. The summed E-state index contributed by atoms with van der Waals surface area (Å²) in [5.74, 6) is 1.44. The van der Waals surface area contributed by atoms with Crippen molar-refractivity contribution in [1.29, 1.82) is 0 Å². The molecule has 0 radical (unpaired) electrons.